The van der Waals surface area contributed by atoms with Crippen molar-refractivity contribution in [1.82, 2.24) is 15.0 Å². The Morgan fingerprint density at radius 3 is 2.64 bits per heavy atom. The van der Waals surface area contributed by atoms with Crippen molar-refractivity contribution in [3.8, 4) is 0 Å². The van der Waals surface area contributed by atoms with E-state index in [1.807, 2.05) is 4.98 Å². The third kappa shape index (κ3) is 2.19. The molecule has 5 nitrogen and oxygen atoms in total. The minimum Gasteiger partial charge on any atom is -0.295 e. The van der Waals surface area contributed by atoms with Crippen LogP contribution in [0.5, 0.6) is 0 Å². The van der Waals surface area contributed by atoms with Crippen LogP contribution < -0.4 is 11.4 Å². The van der Waals surface area contributed by atoms with Gasteiger partial charge in [-0.05, 0) is 0 Å². The van der Waals surface area contributed by atoms with E-state index in [1.54, 1.807) is 0 Å². The molecule has 2 N–H and O–H groups in total. The molecule has 1 aromatic rings. The lowest BCUT2D eigenvalue weighted by molar-refractivity contribution is 0.836. The molecule has 0 saturated heterocycles. The standard InChI is InChI=1S/C5H6ClN3O2/c6-2-1-3-7-4(10)9-5(11)8-3/h1-2H2,(H2,7,8,9,10,11). The van der Waals surface area contributed by atoms with E-state index in [1.165, 1.54) is 0 Å². The topological polar surface area (TPSA) is 78.6 Å². The molecule has 0 fully saturated rings. The first-order chi connectivity index (χ1) is 5.22. The summed E-state index contributed by atoms with van der Waals surface area (Å²) in [5.74, 6) is 0.639. The minimum atomic E-state index is -0.645. The highest BCUT2D eigenvalue weighted by atomic mass is 35.5. The van der Waals surface area contributed by atoms with E-state index in [0.29, 0.717) is 18.1 Å². The summed E-state index contributed by atoms with van der Waals surface area (Å²) in [6.45, 7) is 0. The maximum Gasteiger partial charge on any atom is 0.350 e. The lowest BCUT2D eigenvalue weighted by Gasteiger charge is -1.92. The predicted molar refractivity (Wildman–Crippen MR) is 39.9 cm³/mol. The smallest absolute Gasteiger partial charge is 0.295 e. The molecular formula is C5H6ClN3O2. The number of nitrogens with zero attached hydrogens (tertiary/aromatic N) is 1. The van der Waals surface area contributed by atoms with Crippen molar-refractivity contribution in [2.45, 2.75) is 6.42 Å². The van der Waals surface area contributed by atoms with Gasteiger partial charge < -0.3 is 0 Å². The molecule has 0 aliphatic carbocycles. The van der Waals surface area contributed by atoms with Crippen LogP contribution in [0.2, 0.25) is 0 Å². The number of hydrogen-bond acceptors (Lipinski definition) is 3. The van der Waals surface area contributed by atoms with Crippen molar-refractivity contribution in [3.05, 3.63) is 26.8 Å². The highest BCUT2D eigenvalue weighted by Crippen LogP contribution is 1.85. The fourth-order valence-corrected chi connectivity index (χ4v) is 0.825. The van der Waals surface area contributed by atoms with Gasteiger partial charge in [-0.15, -0.1) is 11.6 Å². The molecule has 0 radical (unpaired) electrons. The van der Waals surface area contributed by atoms with Gasteiger partial charge in [-0.1, -0.05) is 0 Å². The maximum atomic E-state index is 10.6. The van der Waals surface area contributed by atoms with Crippen molar-refractivity contribution in [3.63, 3.8) is 0 Å². The number of H-pyrrole nitrogens is 2. The van der Waals surface area contributed by atoms with Gasteiger partial charge in [0.2, 0.25) is 0 Å². The van der Waals surface area contributed by atoms with Crippen LogP contribution in [0.25, 0.3) is 0 Å². The van der Waals surface area contributed by atoms with Crippen LogP contribution in [-0.4, -0.2) is 20.8 Å². The van der Waals surface area contributed by atoms with Gasteiger partial charge in [0, 0.05) is 12.3 Å². The van der Waals surface area contributed by atoms with Crippen LogP contribution in [-0.2, 0) is 6.42 Å². The fraction of sp³-hybridized carbons (Fsp3) is 0.400. The molecule has 60 valence electrons. The third-order valence-electron chi connectivity index (χ3n) is 1.05. The van der Waals surface area contributed by atoms with Crippen LogP contribution in [0.3, 0.4) is 0 Å². The van der Waals surface area contributed by atoms with E-state index < -0.39 is 11.4 Å². The van der Waals surface area contributed by atoms with Crippen LogP contribution in [0, 0.1) is 0 Å². The number of aryl methyl sites for hydroxylation is 1. The fourth-order valence-electron chi connectivity index (χ4n) is 0.646. The zero-order valence-electron chi connectivity index (χ0n) is 5.56. The van der Waals surface area contributed by atoms with Crippen molar-refractivity contribution in [2.24, 2.45) is 0 Å². The van der Waals surface area contributed by atoms with Gasteiger partial charge in [-0.3, -0.25) is 9.97 Å². The lowest BCUT2D eigenvalue weighted by atomic mass is 10.5. The summed E-state index contributed by atoms with van der Waals surface area (Å²) < 4.78 is 0. The summed E-state index contributed by atoms with van der Waals surface area (Å²) in [6.07, 6.45) is 0.390. The first-order valence-corrected chi connectivity index (χ1v) is 3.51. The molecule has 0 aliphatic heterocycles. The lowest BCUT2D eigenvalue weighted by Crippen LogP contribution is -2.26. The van der Waals surface area contributed by atoms with Crippen LogP contribution in [0.15, 0.2) is 9.59 Å². The molecule has 1 heterocycles. The highest BCUT2D eigenvalue weighted by molar-refractivity contribution is 6.17. The van der Waals surface area contributed by atoms with E-state index in [4.69, 9.17) is 11.6 Å². The molecular weight excluding hydrogens is 170 g/mol. The monoisotopic (exact) mass is 175 g/mol. The third-order valence-corrected chi connectivity index (χ3v) is 1.24. The van der Waals surface area contributed by atoms with Gasteiger partial charge >= 0.3 is 11.4 Å². The number of nitrogens with one attached hydrogen (secondary N) is 2. The van der Waals surface area contributed by atoms with E-state index >= 15 is 0 Å². The second-order valence-corrected chi connectivity index (χ2v) is 2.26. The molecule has 0 atom stereocenters. The van der Waals surface area contributed by atoms with Crippen LogP contribution in [0.1, 0.15) is 5.82 Å². The average molecular weight is 176 g/mol. The Morgan fingerprint density at radius 1 is 1.36 bits per heavy atom. The largest absolute Gasteiger partial charge is 0.350 e. The van der Waals surface area contributed by atoms with Gasteiger partial charge in [0.25, 0.3) is 0 Å². The number of hydrogen-bond donors (Lipinski definition) is 2. The van der Waals surface area contributed by atoms with E-state index in [0.717, 1.165) is 0 Å². The summed E-state index contributed by atoms with van der Waals surface area (Å²) >= 11 is 5.37. The zero-order chi connectivity index (χ0) is 8.27. The average Bonchev–Trinajstić information content (AvgIpc) is 1.85. The summed E-state index contributed by atoms with van der Waals surface area (Å²) in [5, 5.41) is 0. The minimum absolute atomic E-state index is 0.314. The second kappa shape index (κ2) is 3.34. The molecule has 1 aromatic heterocycles. The van der Waals surface area contributed by atoms with Gasteiger partial charge in [-0.25, -0.2) is 9.59 Å². The van der Waals surface area contributed by atoms with Crippen molar-refractivity contribution in [2.75, 3.05) is 5.88 Å². The van der Waals surface area contributed by atoms with E-state index in [-0.39, 0.29) is 0 Å². The Labute approximate surface area is 66.4 Å². The zero-order valence-corrected chi connectivity index (χ0v) is 6.31. The molecule has 0 saturated carbocycles. The highest BCUT2D eigenvalue weighted by Gasteiger charge is 1.95. The Balaban J connectivity index is 3.09. The number of alkyl halides is 1. The Morgan fingerprint density at radius 2 is 2.09 bits per heavy atom. The molecule has 6 heteroatoms. The van der Waals surface area contributed by atoms with Gasteiger partial charge in [-0.2, -0.15) is 4.98 Å². The number of rotatable bonds is 2. The maximum absolute atomic E-state index is 10.6. The Bertz CT molecular complexity index is 314. The molecule has 0 aromatic carbocycles. The molecule has 0 spiro atoms. The van der Waals surface area contributed by atoms with E-state index in [2.05, 4.69) is 9.97 Å². The van der Waals surface area contributed by atoms with Crippen molar-refractivity contribution < 1.29 is 0 Å². The van der Waals surface area contributed by atoms with Crippen molar-refractivity contribution >= 4 is 11.6 Å². The van der Waals surface area contributed by atoms with Crippen molar-refractivity contribution in [1.29, 1.82) is 0 Å². The van der Waals surface area contributed by atoms with Gasteiger partial charge in [0.15, 0.2) is 0 Å². The molecule has 0 bridgehead atoms. The normalized spacial score (nSPS) is 9.91. The van der Waals surface area contributed by atoms with Crippen LogP contribution >= 0.6 is 11.6 Å². The molecule has 11 heavy (non-hydrogen) atoms. The first kappa shape index (κ1) is 8.00. The van der Waals surface area contributed by atoms with Crippen LogP contribution in [0.4, 0.5) is 0 Å². The summed E-state index contributed by atoms with van der Waals surface area (Å²) in [7, 11) is 0. The second-order valence-electron chi connectivity index (χ2n) is 1.88. The molecule has 0 aliphatic rings. The number of aromatic amines is 2. The number of aromatic nitrogens is 3. The SMILES string of the molecule is O=c1nc(CCCl)[nH]c(=O)[nH]1. The predicted octanol–water partition coefficient (Wildman–Crippen LogP) is -0.761. The quantitative estimate of drug-likeness (QED) is 0.580. The molecule has 0 unspecified atom stereocenters. The molecule has 1 rings (SSSR count). The van der Waals surface area contributed by atoms with Gasteiger partial charge in [0.1, 0.15) is 5.82 Å². The summed E-state index contributed by atoms with van der Waals surface area (Å²) in [5.41, 5.74) is -1.20. The Hall–Kier alpha value is -1.10. The summed E-state index contributed by atoms with van der Waals surface area (Å²) in [6, 6.07) is 0. The summed E-state index contributed by atoms with van der Waals surface area (Å²) in [4.78, 5) is 28.9. The van der Waals surface area contributed by atoms with E-state index in [9.17, 15) is 9.59 Å². The first-order valence-electron chi connectivity index (χ1n) is 2.98. The molecule has 0 amide bonds. The number of halogens is 1. The Kier molecular flexibility index (Phi) is 2.43. The van der Waals surface area contributed by atoms with Gasteiger partial charge in [0.05, 0.1) is 0 Å².